The van der Waals surface area contributed by atoms with Crippen LogP contribution in [0.5, 0.6) is 0 Å². The van der Waals surface area contributed by atoms with Crippen molar-refractivity contribution in [3.63, 3.8) is 0 Å². The van der Waals surface area contributed by atoms with E-state index in [0.29, 0.717) is 31.0 Å². The second-order valence-electron chi connectivity index (χ2n) is 9.70. The van der Waals surface area contributed by atoms with Gasteiger partial charge < -0.3 is 14.4 Å². The van der Waals surface area contributed by atoms with Gasteiger partial charge in [0.05, 0.1) is 30.7 Å². The standard InChI is InChI=1S/C25H34N4O5S/c1-5-33-22(30)16-28(14-19-8-6-18(13-26)7-9-19)20-12-21(23(31)27-10-11-35-17-27)29(15-20)24(32)34-25(2,3)4/h6-9,20-21H,5,10-12,14-17H2,1-4H3/t20-,21-/m0/s1. The summed E-state index contributed by atoms with van der Waals surface area (Å²) in [6.07, 6.45) is -0.130. The minimum Gasteiger partial charge on any atom is -0.465 e. The Hall–Kier alpha value is -2.77. The smallest absolute Gasteiger partial charge is 0.411 e. The Labute approximate surface area is 211 Å². The molecule has 3 rings (SSSR count). The van der Waals surface area contributed by atoms with Crippen LogP contribution >= 0.6 is 11.8 Å². The fourth-order valence-electron chi connectivity index (χ4n) is 4.24. The van der Waals surface area contributed by atoms with E-state index in [1.807, 2.05) is 17.0 Å². The van der Waals surface area contributed by atoms with Crippen molar-refractivity contribution in [2.45, 2.75) is 58.3 Å². The van der Waals surface area contributed by atoms with E-state index in [-0.39, 0.29) is 37.6 Å². The van der Waals surface area contributed by atoms with Gasteiger partial charge in [-0.1, -0.05) is 12.1 Å². The summed E-state index contributed by atoms with van der Waals surface area (Å²) in [5.74, 6) is 1.04. The third kappa shape index (κ3) is 7.36. The summed E-state index contributed by atoms with van der Waals surface area (Å²) in [6.45, 7) is 8.78. The predicted molar refractivity (Wildman–Crippen MR) is 132 cm³/mol. The highest BCUT2D eigenvalue weighted by atomic mass is 32.2. The lowest BCUT2D eigenvalue weighted by molar-refractivity contribution is -0.145. The third-order valence-corrected chi connectivity index (χ3v) is 6.84. The number of thioether (sulfide) groups is 1. The van der Waals surface area contributed by atoms with Crippen molar-refractivity contribution in [3.05, 3.63) is 35.4 Å². The Morgan fingerprint density at radius 2 is 1.94 bits per heavy atom. The largest absolute Gasteiger partial charge is 0.465 e. The first-order chi connectivity index (χ1) is 16.6. The highest BCUT2D eigenvalue weighted by molar-refractivity contribution is 7.99. The van der Waals surface area contributed by atoms with E-state index < -0.39 is 17.7 Å². The first kappa shape index (κ1) is 26.8. The van der Waals surface area contributed by atoms with Crippen molar-refractivity contribution in [2.75, 3.05) is 37.9 Å². The van der Waals surface area contributed by atoms with Crippen LogP contribution in [0.3, 0.4) is 0 Å². The number of benzene rings is 1. The molecule has 2 heterocycles. The van der Waals surface area contributed by atoms with E-state index in [9.17, 15) is 14.4 Å². The summed E-state index contributed by atoms with van der Waals surface area (Å²) in [5, 5.41) is 9.09. The zero-order chi connectivity index (χ0) is 25.6. The van der Waals surface area contributed by atoms with Crippen LogP contribution < -0.4 is 0 Å². The van der Waals surface area contributed by atoms with Gasteiger partial charge in [0.2, 0.25) is 5.91 Å². The summed E-state index contributed by atoms with van der Waals surface area (Å²) < 4.78 is 10.8. The number of rotatable bonds is 7. The molecule has 0 spiro atoms. The van der Waals surface area contributed by atoms with Crippen LogP contribution in [-0.4, -0.2) is 88.2 Å². The molecule has 190 valence electrons. The molecule has 2 aliphatic rings. The highest BCUT2D eigenvalue weighted by Crippen LogP contribution is 2.29. The van der Waals surface area contributed by atoms with E-state index >= 15 is 0 Å². The average molecular weight is 503 g/mol. The van der Waals surface area contributed by atoms with Crippen molar-refractivity contribution < 1.29 is 23.9 Å². The van der Waals surface area contributed by atoms with Crippen LogP contribution in [-0.2, 0) is 25.6 Å². The van der Waals surface area contributed by atoms with E-state index in [4.69, 9.17) is 14.7 Å². The number of hydrogen-bond acceptors (Lipinski definition) is 8. The minimum absolute atomic E-state index is 0.0289. The quantitative estimate of drug-likeness (QED) is 0.525. The molecule has 0 bridgehead atoms. The van der Waals surface area contributed by atoms with Gasteiger partial charge in [0, 0.05) is 31.4 Å². The van der Waals surface area contributed by atoms with Gasteiger partial charge >= 0.3 is 12.1 Å². The number of nitriles is 1. The summed E-state index contributed by atoms with van der Waals surface area (Å²) in [7, 11) is 0. The van der Waals surface area contributed by atoms with E-state index in [2.05, 4.69) is 6.07 Å². The number of hydrogen-bond donors (Lipinski definition) is 0. The molecule has 0 aromatic heterocycles. The number of likely N-dealkylation sites (tertiary alicyclic amines) is 1. The zero-order valence-corrected chi connectivity index (χ0v) is 21.7. The van der Waals surface area contributed by atoms with Crippen LogP contribution in [0.15, 0.2) is 24.3 Å². The number of esters is 1. The van der Waals surface area contributed by atoms with Gasteiger partial charge in [0.25, 0.3) is 0 Å². The summed E-state index contributed by atoms with van der Waals surface area (Å²) in [4.78, 5) is 44.2. The number of ether oxygens (including phenoxy) is 2. The molecule has 2 fully saturated rings. The van der Waals surface area contributed by atoms with E-state index in [1.54, 1.807) is 56.5 Å². The molecule has 35 heavy (non-hydrogen) atoms. The maximum Gasteiger partial charge on any atom is 0.411 e. The molecule has 0 unspecified atom stereocenters. The topological polar surface area (TPSA) is 103 Å². The average Bonchev–Trinajstić information content (AvgIpc) is 3.48. The first-order valence-electron chi connectivity index (χ1n) is 11.9. The molecule has 2 saturated heterocycles. The minimum atomic E-state index is -0.695. The Balaban J connectivity index is 1.85. The van der Waals surface area contributed by atoms with E-state index in [1.165, 1.54) is 4.90 Å². The number of carbonyl (C=O) groups excluding carboxylic acids is 3. The SMILES string of the molecule is CCOC(=O)CN(Cc1ccc(C#N)cc1)[C@H]1C[C@@H](C(=O)N2CCSC2)N(C(=O)OC(C)(C)C)C1. The zero-order valence-electron chi connectivity index (χ0n) is 20.9. The Morgan fingerprint density at radius 3 is 2.51 bits per heavy atom. The molecule has 0 radical (unpaired) electrons. The lowest BCUT2D eigenvalue weighted by Gasteiger charge is -2.30. The number of amides is 2. The fourth-order valence-corrected chi connectivity index (χ4v) is 5.19. The second-order valence-corrected chi connectivity index (χ2v) is 10.8. The van der Waals surface area contributed by atoms with Gasteiger partial charge in [-0.2, -0.15) is 5.26 Å². The van der Waals surface area contributed by atoms with Gasteiger partial charge in [0.1, 0.15) is 11.6 Å². The predicted octanol–water partition coefficient (Wildman–Crippen LogP) is 2.83. The summed E-state index contributed by atoms with van der Waals surface area (Å²) >= 11 is 1.69. The lowest BCUT2D eigenvalue weighted by Crippen LogP contribution is -2.48. The Morgan fingerprint density at radius 1 is 1.23 bits per heavy atom. The molecule has 0 N–H and O–H groups in total. The van der Waals surface area contributed by atoms with Crippen molar-refractivity contribution >= 4 is 29.7 Å². The molecule has 2 amide bonds. The molecule has 0 aliphatic carbocycles. The normalized spacial score (nSPS) is 20.1. The van der Waals surface area contributed by atoms with Crippen molar-refractivity contribution in [3.8, 4) is 6.07 Å². The molecule has 1 aromatic carbocycles. The lowest BCUT2D eigenvalue weighted by atomic mass is 10.1. The van der Waals surface area contributed by atoms with Crippen LogP contribution in [0.1, 0.15) is 45.2 Å². The van der Waals surface area contributed by atoms with Crippen molar-refractivity contribution in [2.24, 2.45) is 0 Å². The molecule has 0 saturated carbocycles. The number of carbonyl (C=O) groups is 3. The Kier molecular flexibility index (Phi) is 9.03. The van der Waals surface area contributed by atoms with Gasteiger partial charge in [-0.05, 0) is 51.8 Å². The van der Waals surface area contributed by atoms with Gasteiger partial charge in [0.15, 0.2) is 0 Å². The van der Waals surface area contributed by atoms with Crippen molar-refractivity contribution in [1.82, 2.24) is 14.7 Å². The molecule has 1 aromatic rings. The third-order valence-electron chi connectivity index (χ3n) is 5.88. The van der Waals surface area contributed by atoms with E-state index in [0.717, 1.165) is 11.3 Å². The number of nitrogens with zero attached hydrogens (tertiary/aromatic N) is 4. The molecular formula is C25H34N4O5S. The second kappa shape index (κ2) is 11.8. The molecule has 2 atom stereocenters. The summed E-state index contributed by atoms with van der Waals surface area (Å²) in [6, 6.07) is 8.37. The van der Waals surface area contributed by atoms with Crippen LogP contribution in [0.2, 0.25) is 0 Å². The maximum absolute atomic E-state index is 13.4. The van der Waals surface area contributed by atoms with Crippen LogP contribution in [0.4, 0.5) is 4.79 Å². The van der Waals surface area contributed by atoms with Gasteiger partial charge in [-0.25, -0.2) is 4.79 Å². The van der Waals surface area contributed by atoms with Crippen molar-refractivity contribution in [1.29, 1.82) is 5.26 Å². The molecule has 9 nitrogen and oxygen atoms in total. The molecule has 10 heteroatoms. The van der Waals surface area contributed by atoms with Crippen LogP contribution in [0.25, 0.3) is 0 Å². The first-order valence-corrected chi connectivity index (χ1v) is 13.0. The van der Waals surface area contributed by atoms with Gasteiger partial charge in [-0.3, -0.25) is 19.4 Å². The highest BCUT2D eigenvalue weighted by Gasteiger charge is 2.45. The summed E-state index contributed by atoms with van der Waals surface area (Å²) in [5.41, 5.74) is 0.777. The molecule has 2 aliphatic heterocycles. The fraction of sp³-hybridized carbons (Fsp3) is 0.600. The monoisotopic (exact) mass is 502 g/mol. The van der Waals surface area contributed by atoms with Gasteiger partial charge in [-0.15, -0.1) is 11.8 Å². The Bertz CT molecular complexity index is 950. The molecular weight excluding hydrogens is 468 g/mol. The van der Waals surface area contributed by atoms with Crippen LogP contribution in [0, 0.1) is 11.3 Å². The maximum atomic E-state index is 13.4.